The second kappa shape index (κ2) is 7.26. The first-order chi connectivity index (χ1) is 13.9. The van der Waals surface area contributed by atoms with Crippen molar-refractivity contribution in [1.29, 1.82) is 0 Å². The first kappa shape index (κ1) is 19.0. The first-order valence-corrected chi connectivity index (χ1v) is 9.37. The van der Waals surface area contributed by atoms with Crippen molar-refractivity contribution in [2.24, 2.45) is 0 Å². The summed E-state index contributed by atoms with van der Waals surface area (Å²) in [6.45, 7) is 2.27. The van der Waals surface area contributed by atoms with Crippen LogP contribution in [0.3, 0.4) is 0 Å². The maximum absolute atomic E-state index is 13.3. The molecule has 1 amide bonds. The molecular weight excluding hydrogens is 369 g/mol. The molecule has 3 aromatic carbocycles. The quantitative estimate of drug-likeness (QED) is 0.667. The second-order valence-corrected chi connectivity index (χ2v) is 7.30. The van der Waals surface area contributed by atoms with Crippen LogP contribution >= 0.6 is 0 Å². The van der Waals surface area contributed by atoms with Gasteiger partial charge in [0.25, 0.3) is 5.91 Å². The van der Waals surface area contributed by atoms with Crippen LogP contribution in [0.25, 0.3) is 0 Å². The molecule has 0 unspecified atom stereocenters. The summed E-state index contributed by atoms with van der Waals surface area (Å²) in [5.41, 5.74) is 1.30. The number of para-hydroxylation sites is 1. The number of ketones is 1. The summed E-state index contributed by atoms with van der Waals surface area (Å²) >= 11 is 0. The van der Waals surface area contributed by atoms with Crippen molar-refractivity contribution in [3.63, 3.8) is 0 Å². The normalized spacial score (nSPS) is 18.0. The number of aryl methyl sites for hydroxylation is 1. The van der Waals surface area contributed by atoms with Crippen LogP contribution in [0.15, 0.2) is 72.8 Å². The van der Waals surface area contributed by atoms with Crippen LogP contribution < -0.4 is 4.90 Å². The van der Waals surface area contributed by atoms with Gasteiger partial charge in [0.05, 0.1) is 18.7 Å². The zero-order valence-corrected chi connectivity index (χ0v) is 15.9. The molecule has 0 bridgehead atoms. The van der Waals surface area contributed by atoms with Crippen LogP contribution in [0.5, 0.6) is 0 Å². The average Bonchev–Trinajstić information content (AvgIpc) is 2.92. The number of benzene rings is 3. The number of Topliss-reactive ketones (excluding diaryl/α,β-unsaturated/α-hetero) is 1. The van der Waals surface area contributed by atoms with E-state index in [4.69, 9.17) is 0 Å². The molecule has 0 aromatic heterocycles. The van der Waals surface area contributed by atoms with Crippen molar-refractivity contribution in [2.75, 3.05) is 4.90 Å². The van der Waals surface area contributed by atoms with Crippen LogP contribution in [0.1, 0.15) is 33.5 Å². The van der Waals surface area contributed by atoms with Gasteiger partial charge in [-0.3, -0.25) is 9.59 Å². The summed E-state index contributed by atoms with van der Waals surface area (Å²) in [4.78, 5) is 27.5. The predicted molar refractivity (Wildman–Crippen MR) is 108 cm³/mol. The Labute approximate surface area is 168 Å². The summed E-state index contributed by atoms with van der Waals surface area (Å²) in [5, 5.41) is 11.3. The number of anilines is 1. The monoisotopic (exact) mass is 389 g/mol. The van der Waals surface area contributed by atoms with Gasteiger partial charge < -0.3 is 10.0 Å². The lowest BCUT2D eigenvalue weighted by molar-refractivity contribution is -0.136. The Kier molecular flexibility index (Phi) is 4.76. The molecular formula is C24H20FNO3. The van der Waals surface area contributed by atoms with E-state index in [1.807, 2.05) is 31.2 Å². The first-order valence-electron chi connectivity index (χ1n) is 9.37. The van der Waals surface area contributed by atoms with Crippen molar-refractivity contribution in [2.45, 2.75) is 25.5 Å². The molecule has 1 aliphatic rings. The summed E-state index contributed by atoms with van der Waals surface area (Å²) in [6.07, 6.45) is -0.404. The summed E-state index contributed by atoms with van der Waals surface area (Å²) in [7, 11) is 0. The van der Waals surface area contributed by atoms with E-state index >= 15 is 0 Å². The van der Waals surface area contributed by atoms with Gasteiger partial charge in [-0.05, 0) is 48.4 Å². The van der Waals surface area contributed by atoms with Gasteiger partial charge in [0, 0.05) is 11.1 Å². The van der Waals surface area contributed by atoms with Crippen LogP contribution in [0.4, 0.5) is 10.1 Å². The Morgan fingerprint density at radius 2 is 1.66 bits per heavy atom. The molecule has 0 aliphatic carbocycles. The highest BCUT2D eigenvalue weighted by molar-refractivity contribution is 6.10. The number of halogens is 1. The summed E-state index contributed by atoms with van der Waals surface area (Å²) in [6, 6.07) is 19.8. The van der Waals surface area contributed by atoms with E-state index in [-0.39, 0.29) is 5.56 Å². The van der Waals surface area contributed by atoms with Gasteiger partial charge in [-0.2, -0.15) is 0 Å². The lowest BCUT2D eigenvalue weighted by Gasteiger charge is -2.23. The minimum atomic E-state index is -1.95. The molecule has 29 heavy (non-hydrogen) atoms. The van der Waals surface area contributed by atoms with E-state index in [0.29, 0.717) is 17.8 Å². The van der Waals surface area contributed by atoms with E-state index in [2.05, 4.69) is 0 Å². The van der Waals surface area contributed by atoms with Gasteiger partial charge in [-0.15, -0.1) is 0 Å². The molecule has 0 spiro atoms. The fourth-order valence-electron chi connectivity index (χ4n) is 3.76. The summed E-state index contributed by atoms with van der Waals surface area (Å²) in [5.74, 6) is -1.40. The molecule has 0 saturated heterocycles. The average molecular weight is 389 g/mol. The number of carbonyl (C=O) groups excluding carboxylic acids is 2. The van der Waals surface area contributed by atoms with E-state index in [1.54, 1.807) is 24.3 Å². The largest absolute Gasteiger partial charge is 0.375 e. The van der Waals surface area contributed by atoms with Crippen LogP contribution in [0, 0.1) is 12.7 Å². The van der Waals surface area contributed by atoms with E-state index < -0.39 is 29.5 Å². The van der Waals surface area contributed by atoms with E-state index in [9.17, 15) is 19.1 Å². The van der Waals surface area contributed by atoms with E-state index in [1.165, 1.54) is 29.2 Å². The number of aliphatic hydroxyl groups is 1. The molecule has 0 saturated carbocycles. The van der Waals surface area contributed by atoms with Gasteiger partial charge in [-0.1, -0.05) is 42.5 Å². The third-order valence-corrected chi connectivity index (χ3v) is 5.41. The maximum Gasteiger partial charge on any atom is 0.264 e. The van der Waals surface area contributed by atoms with E-state index in [0.717, 1.165) is 11.1 Å². The van der Waals surface area contributed by atoms with Crippen molar-refractivity contribution in [3.8, 4) is 0 Å². The fourth-order valence-corrected chi connectivity index (χ4v) is 3.76. The topological polar surface area (TPSA) is 57.6 Å². The highest BCUT2D eigenvalue weighted by atomic mass is 19.1. The molecule has 1 heterocycles. The number of carbonyl (C=O) groups is 2. The fraction of sp³-hybridized carbons (Fsp3) is 0.167. The number of rotatable bonds is 5. The second-order valence-electron chi connectivity index (χ2n) is 7.30. The van der Waals surface area contributed by atoms with Crippen LogP contribution in [0.2, 0.25) is 0 Å². The molecule has 1 atom stereocenters. The number of fused-ring (bicyclic) bond motifs is 1. The molecule has 0 radical (unpaired) electrons. The third-order valence-electron chi connectivity index (χ3n) is 5.41. The van der Waals surface area contributed by atoms with Crippen molar-refractivity contribution < 1.29 is 19.1 Å². The number of hydrogen-bond acceptors (Lipinski definition) is 3. The zero-order chi connectivity index (χ0) is 20.6. The zero-order valence-electron chi connectivity index (χ0n) is 15.9. The SMILES string of the molecule is Cc1ccccc1CN1C(=O)[C@](O)(CC(=O)c2ccc(F)cc2)c2ccccc21. The number of amides is 1. The highest BCUT2D eigenvalue weighted by Crippen LogP contribution is 2.43. The molecule has 3 aromatic rings. The van der Waals surface area contributed by atoms with Crippen molar-refractivity contribution >= 4 is 17.4 Å². The Morgan fingerprint density at radius 3 is 2.38 bits per heavy atom. The van der Waals surface area contributed by atoms with Gasteiger partial charge in [0.15, 0.2) is 11.4 Å². The number of hydrogen-bond donors (Lipinski definition) is 1. The van der Waals surface area contributed by atoms with Crippen molar-refractivity contribution in [1.82, 2.24) is 0 Å². The molecule has 5 heteroatoms. The Balaban J connectivity index is 1.69. The third kappa shape index (κ3) is 3.34. The minimum absolute atomic E-state index is 0.252. The standard InChI is InChI=1S/C24H20FNO3/c1-16-6-2-3-7-18(16)15-26-21-9-5-4-8-20(21)24(29,23(26)28)14-22(27)17-10-12-19(25)13-11-17/h2-13,29H,14-15H2,1H3/t24-/m0/s1. The molecule has 1 N–H and O–H groups in total. The molecule has 0 fully saturated rings. The Bertz CT molecular complexity index is 1090. The lowest BCUT2D eigenvalue weighted by Crippen LogP contribution is -2.41. The van der Waals surface area contributed by atoms with Gasteiger partial charge in [0.1, 0.15) is 5.82 Å². The van der Waals surface area contributed by atoms with Crippen molar-refractivity contribution in [3.05, 3.63) is 101 Å². The highest BCUT2D eigenvalue weighted by Gasteiger charge is 2.50. The number of nitrogens with zero attached hydrogens (tertiary/aromatic N) is 1. The van der Waals surface area contributed by atoms with Crippen LogP contribution in [-0.2, 0) is 16.9 Å². The lowest BCUT2D eigenvalue weighted by atomic mass is 9.88. The molecule has 1 aliphatic heterocycles. The van der Waals surface area contributed by atoms with Crippen LogP contribution in [-0.4, -0.2) is 16.8 Å². The molecule has 146 valence electrons. The smallest absolute Gasteiger partial charge is 0.264 e. The Hall–Kier alpha value is -3.31. The molecule has 4 nitrogen and oxygen atoms in total. The predicted octanol–water partition coefficient (Wildman–Crippen LogP) is 4.14. The summed E-state index contributed by atoms with van der Waals surface area (Å²) < 4.78 is 13.2. The minimum Gasteiger partial charge on any atom is -0.375 e. The van der Waals surface area contributed by atoms with Gasteiger partial charge in [-0.25, -0.2) is 4.39 Å². The molecule has 4 rings (SSSR count). The Morgan fingerprint density at radius 1 is 1.00 bits per heavy atom. The maximum atomic E-state index is 13.3. The van der Waals surface area contributed by atoms with Gasteiger partial charge >= 0.3 is 0 Å². The van der Waals surface area contributed by atoms with Gasteiger partial charge in [0.2, 0.25) is 0 Å².